The molecule has 14 atom stereocenters. The van der Waals surface area contributed by atoms with Crippen LogP contribution in [0.1, 0.15) is 18.7 Å². The van der Waals surface area contributed by atoms with Gasteiger partial charge in [0.05, 0.1) is 38.8 Å². The molecule has 68 heavy (non-hydrogen) atoms. The zero-order chi connectivity index (χ0) is 48.4. The summed E-state index contributed by atoms with van der Waals surface area (Å²) in [6.07, 6.45) is -13.7. The van der Waals surface area contributed by atoms with Crippen LogP contribution in [0.3, 0.4) is 0 Å². The van der Waals surface area contributed by atoms with Crippen molar-refractivity contribution in [2.75, 3.05) is 43.4 Å². The number of aliphatic hydroxyl groups is 4. The number of ether oxygens (including phenoxy) is 4. The fourth-order valence-corrected chi connectivity index (χ4v) is 9.74. The van der Waals surface area contributed by atoms with Gasteiger partial charge < -0.3 is 80.7 Å². The molecule has 0 aromatic carbocycles. The second kappa shape index (κ2) is 18.4. The Morgan fingerprint density at radius 1 is 0.529 bits per heavy atom. The highest BCUT2D eigenvalue weighted by Gasteiger charge is 2.52. The Kier molecular flexibility index (Phi) is 13.1. The summed E-state index contributed by atoms with van der Waals surface area (Å²) >= 11 is 0. The number of phosphoric acid groups is 2. The maximum Gasteiger partial charge on any atom is 0.472 e. The van der Waals surface area contributed by atoms with Crippen molar-refractivity contribution in [1.82, 2.24) is 58.6 Å². The number of aromatic nitrogens is 12. The van der Waals surface area contributed by atoms with E-state index >= 15 is 0 Å². The number of nitrogens with two attached hydrogens (primary N) is 3. The minimum atomic E-state index is -5.38. The van der Waals surface area contributed by atoms with Crippen molar-refractivity contribution in [3.05, 3.63) is 38.0 Å². The standard InChI is InChI=1S/C31H40N15O19P3/c32-23-14-26(38-4-35-23)44(7-41-14)29-20(50)17(47)11(62-29)1-59-66(51,52)10-58-21-18(48)13(63-30(21)45-8-42-15-24(33)36-5-39-27(15)45)3-61-68(56,57)65-22-19(49)12(2-60-67(53,54)55)64-31(22)46-9-43-16-25(34)37-6-40-28(16)46/h4-9,11-13,17-22,29-31,47-50H,1-3,10H2,(H,51,52)(H,56,57)(H2,32,35,38)(H2,33,36,39)(H2,34,37,40)(H2,53,54,55)/t11-,12-,13-,17-,18+,19-,20-,21-,22-,29-,30-,31-/m1/s1. The van der Waals surface area contributed by atoms with Gasteiger partial charge in [-0.05, 0) is 0 Å². The summed E-state index contributed by atoms with van der Waals surface area (Å²) in [5.74, 6) is -0.0730. The molecule has 9 heterocycles. The minimum absolute atomic E-state index is 0.00326. The van der Waals surface area contributed by atoms with Crippen molar-refractivity contribution in [1.29, 1.82) is 0 Å². The molecule has 0 spiro atoms. The number of nitrogens with zero attached hydrogens (tertiary/aromatic N) is 12. The molecule has 6 aromatic heterocycles. The van der Waals surface area contributed by atoms with Crippen LogP contribution >= 0.6 is 23.2 Å². The van der Waals surface area contributed by atoms with E-state index in [2.05, 4.69) is 49.4 Å². The van der Waals surface area contributed by atoms with Crippen LogP contribution in [0, 0.1) is 0 Å². The molecule has 9 rings (SSSR count). The largest absolute Gasteiger partial charge is 0.472 e. The van der Waals surface area contributed by atoms with Crippen LogP contribution in [0.15, 0.2) is 38.0 Å². The summed E-state index contributed by atoms with van der Waals surface area (Å²) < 4.78 is 85.8. The number of fused-ring (bicyclic) bond motifs is 3. The summed E-state index contributed by atoms with van der Waals surface area (Å²) in [6.45, 7) is -2.65. The third-order valence-corrected chi connectivity index (χ3v) is 13.4. The third-order valence-electron chi connectivity index (χ3n) is 10.9. The number of nitrogen functional groups attached to an aromatic ring is 3. The van der Waals surface area contributed by atoms with Gasteiger partial charge in [-0.25, -0.2) is 54.0 Å². The molecule has 0 saturated carbocycles. The first-order chi connectivity index (χ1) is 32.2. The van der Waals surface area contributed by atoms with Crippen LogP contribution < -0.4 is 17.2 Å². The van der Waals surface area contributed by atoms with Gasteiger partial charge in [0.25, 0.3) is 0 Å². The molecule has 3 fully saturated rings. The Hall–Kier alpha value is -4.90. The van der Waals surface area contributed by atoms with E-state index in [1.165, 1.54) is 21.8 Å². The molecule has 368 valence electrons. The Balaban J connectivity index is 0.893. The predicted octanol–water partition coefficient (Wildman–Crippen LogP) is -3.46. The maximum atomic E-state index is 13.6. The summed E-state index contributed by atoms with van der Waals surface area (Å²) in [5.41, 5.74) is 18.3. The van der Waals surface area contributed by atoms with Gasteiger partial charge >= 0.3 is 23.2 Å². The van der Waals surface area contributed by atoms with Gasteiger partial charge in [0.1, 0.15) is 96.8 Å². The molecule has 34 nitrogen and oxygen atoms in total. The Labute approximate surface area is 377 Å². The van der Waals surface area contributed by atoms with E-state index in [0.29, 0.717) is 0 Å². The topological polar surface area (TPSA) is 496 Å². The summed E-state index contributed by atoms with van der Waals surface area (Å²) in [7, 11) is -15.3. The monoisotopic (exact) mass is 1020 g/mol. The van der Waals surface area contributed by atoms with Crippen LogP contribution in [0.2, 0.25) is 0 Å². The average Bonchev–Trinajstić information content (AvgIpc) is 4.14. The van der Waals surface area contributed by atoms with Crippen LogP contribution in [0.4, 0.5) is 17.5 Å². The van der Waals surface area contributed by atoms with Crippen molar-refractivity contribution in [3.63, 3.8) is 0 Å². The normalized spacial score (nSPS) is 30.7. The third kappa shape index (κ3) is 9.42. The molecule has 3 saturated heterocycles. The van der Waals surface area contributed by atoms with Crippen LogP contribution in [0.25, 0.3) is 33.5 Å². The Morgan fingerprint density at radius 2 is 0.941 bits per heavy atom. The molecule has 0 bridgehead atoms. The Bertz CT molecular complexity index is 2960. The van der Waals surface area contributed by atoms with Crippen molar-refractivity contribution in [2.24, 2.45) is 0 Å². The number of hydrogen-bond acceptors (Lipinski definition) is 27. The van der Waals surface area contributed by atoms with E-state index in [0.717, 1.165) is 29.9 Å². The van der Waals surface area contributed by atoms with Crippen LogP contribution in [-0.2, 0) is 50.7 Å². The Morgan fingerprint density at radius 3 is 1.44 bits per heavy atom. The van der Waals surface area contributed by atoms with E-state index in [4.69, 9.17) is 49.7 Å². The van der Waals surface area contributed by atoms with Crippen molar-refractivity contribution < 1.29 is 90.7 Å². The summed E-state index contributed by atoms with van der Waals surface area (Å²) in [5, 5.41) is 44.3. The van der Waals surface area contributed by atoms with Gasteiger partial charge in [-0.15, -0.1) is 0 Å². The van der Waals surface area contributed by atoms with Crippen molar-refractivity contribution in [2.45, 2.75) is 73.6 Å². The molecule has 14 N–H and O–H groups in total. The molecule has 0 aliphatic carbocycles. The van der Waals surface area contributed by atoms with Gasteiger partial charge in [-0.3, -0.25) is 31.8 Å². The first kappa shape index (κ1) is 48.1. The van der Waals surface area contributed by atoms with Crippen LogP contribution in [0.5, 0.6) is 0 Å². The highest BCUT2D eigenvalue weighted by atomic mass is 31.2. The number of hydrogen-bond donors (Lipinski definition) is 11. The van der Waals surface area contributed by atoms with Gasteiger partial charge in [0, 0.05) is 0 Å². The highest BCUT2D eigenvalue weighted by Crippen LogP contribution is 2.51. The van der Waals surface area contributed by atoms with Gasteiger partial charge in [-0.2, -0.15) is 0 Å². The summed E-state index contributed by atoms with van der Waals surface area (Å²) in [4.78, 5) is 76.7. The lowest BCUT2D eigenvalue weighted by Crippen LogP contribution is -2.37. The number of rotatable bonds is 17. The fourth-order valence-electron chi connectivity index (χ4n) is 7.65. The molecule has 2 unspecified atom stereocenters. The number of imidazole rings is 3. The molecular formula is C31H40N15O19P3. The van der Waals surface area contributed by atoms with E-state index in [9.17, 15) is 53.7 Å². The van der Waals surface area contributed by atoms with E-state index in [-0.39, 0.29) is 50.9 Å². The number of aliphatic hydroxyl groups excluding tert-OH is 4. The molecule has 0 radical (unpaired) electrons. The predicted molar refractivity (Wildman–Crippen MR) is 219 cm³/mol. The number of phosphoric ester groups is 2. The van der Waals surface area contributed by atoms with Gasteiger partial charge in [0.15, 0.2) is 53.1 Å². The van der Waals surface area contributed by atoms with E-state index in [1.807, 2.05) is 0 Å². The van der Waals surface area contributed by atoms with Gasteiger partial charge in [-0.1, -0.05) is 0 Å². The number of anilines is 3. The smallest absolute Gasteiger partial charge is 0.387 e. The van der Waals surface area contributed by atoms with Crippen molar-refractivity contribution >= 4 is 74.2 Å². The molecule has 37 heteroatoms. The summed E-state index contributed by atoms with van der Waals surface area (Å²) in [6, 6.07) is 0. The molecular weight excluding hydrogens is 979 g/mol. The van der Waals surface area contributed by atoms with Crippen molar-refractivity contribution in [3.8, 4) is 0 Å². The molecule has 0 amide bonds. The molecule has 3 aliphatic heterocycles. The SMILES string of the molecule is Nc1ncnc2c1ncn2[C@@H]1O[C@H](COP(=O)(O)CO[C@@H]2[C@@H](O)[C@@H](COP(=O)(O)O[C@@H]3[C@H](O)[C@@H](COP(=O)(O)O)O[C@H]3n3cnc4c(N)ncnc43)O[C@H]2n2cnc3c(N)ncnc32)[C@@H](O)[C@H]1O. The molecule has 6 aromatic rings. The minimum Gasteiger partial charge on any atom is -0.387 e. The maximum absolute atomic E-state index is 13.6. The van der Waals surface area contributed by atoms with Gasteiger partial charge in [0.2, 0.25) is 0 Å². The quantitative estimate of drug-likeness (QED) is 0.0396. The van der Waals surface area contributed by atoms with E-state index < -0.39 is 123 Å². The molecule has 3 aliphatic rings. The zero-order valence-corrected chi connectivity index (χ0v) is 36.9. The van der Waals surface area contributed by atoms with Crippen LogP contribution in [-0.4, -0.2) is 180 Å². The first-order valence-corrected chi connectivity index (χ1v) is 24.4. The zero-order valence-electron chi connectivity index (χ0n) is 34.2. The second-order valence-corrected chi connectivity index (χ2v) is 19.7. The first-order valence-electron chi connectivity index (χ1n) is 19.6. The average molecular weight is 1020 g/mol. The second-order valence-electron chi connectivity index (χ2n) is 15.2. The lowest BCUT2D eigenvalue weighted by Gasteiger charge is -2.25. The lowest BCUT2D eigenvalue weighted by molar-refractivity contribution is -0.0688. The lowest BCUT2D eigenvalue weighted by atomic mass is 10.1. The fraction of sp³-hybridized carbons (Fsp3) is 0.516. The highest BCUT2D eigenvalue weighted by molar-refractivity contribution is 7.52. The van der Waals surface area contributed by atoms with E-state index in [1.54, 1.807) is 0 Å².